The molecule has 0 amide bonds. The number of aromatic amines is 1. The van der Waals surface area contributed by atoms with Crippen molar-refractivity contribution in [1.82, 2.24) is 15.4 Å². The molecule has 0 aliphatic heterocycles. The third-order valence-corrected chi connectivity index (χ3v) is 1.99. The van der Waals surface area contributed by atoms with E-state index in [1.807, 2.05) is 13.0 Å². The van der Waals surface area contributed by atoms with Gasteiger partial charge in [-0.2, -0.15) is 5.10 Å². The van der Waals surface area contributed by atoms with Crippen LogP contribution in [-0.2, 0) is 13.0 Å². The van der Waals surface area contributed by atoms with Crippen molar-refractivity contribution < 1.29 is 4.52 Å². The Bertz CT molecular complexity index is 379. The van der Waals surface area contributed by atoms with Gasteiger partial charge in [0.2, 0.25) is 0 Å². The largest absolute Gasteiger partial charge is 0.375 e. The number of rotatable bonds is 4. The molecule has 2 heterocycles. The van der Waals surface area contributed by atoms with Gasteiger partial charge >= 0.3 is 0 Å². The molecule has 0 spiro atoms. The number of hydrogen-bond acceptors (Lipinski definition) is 4. The van der Waals surface area contributed by atoms with E-state index < -0.39 is 0 Å². The highest BCUT2D eigenvalue weighted by atomic mass is 16.5. The van der Waals surface area contributed by atoms with Gasteiger partial charge in [0.25, 0.3) is 0 Å². The van der Waals surface area contributed by atoms with Gasteiger partial charge in [0.1, 0.15) is 0 Å². The second-order valence-corrected chi connectivity index (χ2v) is 2.95. The fraction of sp³-hybridized carbons (Fsp3) is 0.333. The van der Waals surface area contributed by atoms with E-state index in [1.165, 1.54) is 0 Å². The van der Waals surface area contributed by atoms with Crippen LogP contribution in [0, 0.1) is 0 Å². The predicted octanol–water partition coefficient (Wildman–Crippen LogP) is 1.57. The summed E-state index contributed by atoms with van der Waals surface area (Å²) < 4.78 is 5.05. The fourth-order valence-corrected chi connectivity index (χ4v) is 1.24. The number of H-pyrrole nitrogens is 1. The smallest absolute Gasteiger partial charge is 0.159 e. The molecule has 2 rings (SSSR count). The van der Waals surface area contributed by atoms with Crippen molar-refractivity contribution in [3.63, 3.8) is 0 Å². The van der Waals surface area contributed by atoms with Crippen molar-refractivity contribution in [2.75, 3.05) is 5.32 Å². The zero-order chi connectivity index (χ0) is 9.80. The molecular weight excluding hydrogens is 180 g/mol. The van der Waals surface area contributed by atoms with Gasteiger partial charge in [0.05, 0.1) is 24.1 Å². The van der Waals surface area contributed by atoms with E-state index >= 15 is 0 Å². The van der Waals surface area contributed by atoms with Crippen molar-refractivity contribution in [2.45, 2.75) is 19.9 Å². The van der Waals surface area contributed by atoms with E-state index in [-0.39, 0.29) is 0 Å². The number of nitrogens with one attached hydrogen (secondary N) is 2. The molecular formula is C9H12N4O. The maximum absolute atomic E-state index is 5.05. The van der Waals surface area contributed by atoms with Crippen LogP contribution in [0.25, 0.3) is 0 Å². The lowest BCUT2D eigenvalue weighted by Gasteiger charge is -2.01. The van der Waals surface area contributed by atoms with Crippen LogP contribution in [0.5, 0.6) is 0 Å². The lowest BCUT2D eigenvalue weighted by molar-refractivity contribution is 0.387. The highest BCUT2D eigenvalue weighted by Gasteiger charge is 2.04. The van der Waals surface area contributed by atoms with Crippen LogP contribution in [0.4, 0.5) is 5.69 Å². The molecule has 5 nitrogen and oxygen atoms in total. The molecule has 0 saturated heterocycles. The number of aromatic nitrogens is 3. The SMILES string of the molecule is CCc1oncc1NCc1ccn[nH]1. The van der Waals surface area contributed by atoms with Gasteiger partial charge in [-0.15, -0.1) is 0 Å². The highest BCUT2D eigenvalue weighted by Crippen LogP contribution is 2.15. The second-order valence-electron chi connectivity index (χ2n) is 2.95. The van der Waals surface area contributed by atoms with E-state index in [4.69, 9.17) is 4.52 Å². The summed E-state index contributed by atoms with van der Waals surface area (Å²) in [5.74, 6) is 0.879. The molecule has 0 radical (unpaired) electrons. The Morgan fingerprint density at radius 2 is 2.50 bits per heavy atom. The summed E-state index contributed by atoms with van der Waals surface area (Å²) in [5.41, 5.74) is 1.98. The summed E-state index contributed by atoms with van der Waals surface area (Å²) in [7, 11) is 0. The number of aryl methyl sites for hydroxylation is 1. The van der Waals surface area contributed by atoms with Crippen LogP contribution in [0.1, 0.15) is 18.4 Å². The van der Waals surface area contributed by atoms with Gasteiger partial charge in [0, 0.05) is 12.6 Å². The summed E-state index contributed by atoms with van der Waals surface area (Å²) in [6, 6.07) is 1.92. The fourth-order valence-electron chi connectivity index (χ4n) is 1.24. The van der Waals surface area contributed by atoms with Gasteiger partial charge in [-0.25, -0.2) is 0 Å². The van der Waals surface area contributed by atoms with E-state index in [0.717, 1.165) is 23.6 Å². The first kappa shape index (κ1) is 8.80. The molecule has 0 aliphatic rings. The maximum atomic E-state index is 5.05. The Morgan fingerprint density at radius 1 is 1.57 bits per heavy atom. The van der Waals surface area contributed by atoms with Crippen LogP contribution >= 0.6 is 0 Å². The Morgan fingerprint density at radius 3 is 3.21 bits per heavy atom. The Balaban J connectivity index is 1.98. The van der Waals surface area contributed by atoms with Crippen molar-refractivity contribution in [1.29, 1.82) is 0 Å². The van der Waals surface area contributed by atoms with Crippen LogP contribution in [0.15, 0.2) is 23.0 Å². The van der Waals surface area contributed by atoms with Gasteiger partial charge in [-0.1, -0.05) is 12.1 Å². The molecule has 5 heteroatoms. The molecule has 14 heavy (non-hydrogen) atoms. The normalized spacial score (nSPS) is 10.4. The molecule has 0 unspecified atom stereocenters. The third kappa shape index (κ3) is 1.76. The molecule has 0 atom stereocenters. The molecule has 74 valence electrons. The standard InChI is InChI=1S/C9H12N4O/c1-2-9-8(6-12-14-9)10-5-7-3-4-11-13-7/h3-4,6,10H,2,5H2,1H3,(H,11,13). The molecule has 0 saturated carbocycles. The molecule has 2 aromatic heterocycles. The minimum absolute atomic E-state index is 0.703. The number of hydrogen-bond donors (Lipinski definition) is 2. The van der Waals surface area contributed by atoms with Crippen molar-refractivity contribution in [2.24, 2.45) is 0 Å². The van der Waals surface area contributed by atoms with Crippen LogP contribution in [0.3, 0.4) is 0 Å². The first-order chi connectivity index (χ1) is 6.90. The second kappa shape index (κ2) is 3.95. The molecule has 0 aromatic carbocycles. The number of nitrogens with zero attached hydrogens (tertiary/aromatic N) is 2. The zero-order valence-corrected chi connectivity index (χ0v) is 7.95. The van der Waals surface area contributed by atoms with Crippen molar-refractivity contribution >= 4 is 5.69 Å². The molecule has 0 aliphatic carbocycles. The van der Waals surface area contributed by atoms with Crippen molar-refractivity contribution in [3.05, 3.63) is 29.9 Å². The first-order valence-corrected chi connectivity index (χ1v) is 4.56. The van der Waals surface area contributed by atoms with Crippen LogP contribution < -0.4 is 5.32 Å². The molecule has 2 N–H and O–H groups in total. The Hall–Kier alpha value is -1.78. The monoisotopic (exact) mass is 192 g/mol. The maximum Gasteiger partial charge on any atom is 0.159 e. The van der Waals surface area contributed by atoms with Gasteiger partial charge in [0.15, 0.2) is 5.76 Å². The molecule has 0 bridgehead atoms. The van der Waals surface area contributed by atoms with E-state index in [1.54, 1.807) is 12.4 Å². The lowest BCUT2D eigenvalue weighted by Crippen LogP contribution is -2.00. The Kier molecular flexibility index (Phi) is 2.48. The third-order valence-electron chi connectivity index (χ3n) is 1.99. The van der Waals surface area contributed by atoms with Gasteiger partial charge < -0.3 is 9.84 Å². The quantitative estimate of drug-likeness (QED) is 0.771. The van der Waals surface area contributed by atoms with E-state index in [0.29, 0.717) is 6.54 Å². The summed E-state index contributed by atoms with van der Waals surface area (Å²) in [5, 5.41) is 13.7. The summed E-state index contributed by atoms with van der Waals surface area (Å²) in [4.78, 5) is 0. The molecule has 0 fully saturated rings. The zero-order valence-electron chi connectivity index (χ0n) is 7.95. The van der Waals surface area contributed by atoms with E-state index in [2.05, 4.69) is 20.7 Å². The van der Waals surface area contributed by atoms with Crippen LogP contribution in [0.2, 0.25) is 0 Å². The predicted molar refractivity (Wildman–Crippen MR) is 51.8 cm³/mol. The van der Waals surface area contributed by atoms with Crippen molar-refractivity contribution in [3.8, 4) is 0 Å². The summed E-state index contributed by atoms with van der Waals surface area (Å²) in [6.45, 7) is 2.73. The highest BCUT2D eigenvalue weighted by molar-refractivity contribution is 5.44. The first-order valence-electron chi connectivity index (χ1n) is 4.56. The average Bonchev–Trinajstić information content (AvgIpc) is 2.85. The summed E-state index contributed by atoms with van der Waals surface area (Å²) >= 11 is 0. The average molecular weight is 192 g/mol. The number of anilines is 1. The van der Waals surface area contributed by atoms with E-state index in [9.17, 15) is 0 Å². The topological polar surface area (TPSA) is 66.7 Å². The molecule has 2 aromatic rings. The minimum atomic E-state index is 0.703. The minimum Gasteiger partial charge on any atom is -0.375 e. The summed E-state index contributed by atoms with van der Waals surface area (Å²) in [6.07, 6.45) is 4.26. The Labute approximate surface area is 81.5 Å². The lowest BCUT2D eigenvalue weighted by atomic mass is 10.3. The van der Waals surface area contributed by atoms with Gasteiger partial charge in [-0.05, 0) is 6.07 Å². The van der Waals surface area contributed by atoms with Gasteiger partial charge in [-0.3, -0.25) is 5.10 Å². The van der Waals surface area contributed by atoms with Crippen LogP contribution in [-0.4, -0.2) is 15.4 Å².